The van der Waals surface area contributed by atoms with E-state index in [9.17, 15) is 4.79 Å². The lowest BCUT2D eigenvalue weighted by Crippen LogP contribution is -2.49. The maximum atomic E-state index is 12.4. The van der Waals surface area contributed by atoms with E-state index in [1.54, 1.807) is 11.9 Å². The van der Waals surface area contributed by atoms with Gasteiger partial charge in [-0.15, -0.1) is 0 Å². The molecule has 1 rings (SSSR count). The summed E-state index contributed by atoms with van der Waals surface area (Å²) in [6.07, 6.45) is -0.615. The van der Waals surface area contributed by atoms with Crippen molar-refractivity contribution in [3.63, 3.8) is 0 Å². The first-order valence-corrected chi connectivity index (χ1v) is 13.3. The van der Waals surface area contributed by atoms with Crippen LogP contribution in [0.4, 0.5) is 4.79 Å². The van der Waals surface area contributed by atoms with E-state index in [4.69, 9.17) is 13.9 Å². The van der Waals surface area contributed by atoms with Crippen molar-refractivity contribution < 1.29 is 18.7 Å². The summed E-state index contributed by atoms with van der Waals surface area (Å²) in [6, 6.07) is 7.70. The summed E-state index contributed by atoms with van der Waals surface area (Å²) in [4.78, 5) is 14.0. The zero-order valence-electron chi connectivity index (χ0n) is 18.8. The van der Waals surface area contributed by atoms with Gasteiger partial charge < -0.3 is 18.8 Å². The molecule has 5 nitrogen and oxygen atoms in total. The first-order valence-electron chi connectivity index (χ1n) is 9.61. The van der Waals surface area contributed by atoms with Gasteiger partial charge >= 0.3 is 6.09 Å². The maximum absolute atomic E-state index is 12.4. The molecule has 0 heterocycles. The number of nitrogens with zero attached hydrogens (tertiary/aromatic N) is 1. The van der Waals surface area contributed by atoms with Crippen molar-refractivity contribution in [1.29, 1.82) is 0 Å². The molecule has 7 heteroatoms. The zero-order valence-corrected chi connectivity index (χ0v) is 21.3. The average Bonchev–Trinajstić information content (AvgIpc) is 2.49. The van der Waals surface area contributed by atoms with Crippen LogP contribution in [0.5, 0.6) is 5.75 Å². The topological polar surface area (TPSA) is 48.0 Å². The second-order valence-corrected chi connectivity index (χ2v) is 15.3. The molecule has 28 heavy (non-hydrogen) atoms. The molecule has 1 aromatic rings. The molecule has 0 aliphatic heterocycles. The minimum absolute atomic E-state index is 0.0610. The molecular weight excluding hydrogens is 438 g/mol. The molecule has 0 N–H and O–H groups in total. The monoisotopic (exact) mass is 473 g/mol. The molecular formula is C21H36BrNO4Si. The molecule has 1 unspecified atom stereocenters. The second-order valence-electron chi connectivity index (χ2n) is 9.63. The highest BCUT2D eigenvalue weighted by atomic mass is 79.9. The molecule has 0 aliphatic rings. The highest BCUT2D eigenvalue weighted by Gasteiger charge is 2.40. The van der Waals surface area contributed by atoms with Gasteiger partial charge in [0.05, 0.1) is 12.6 Å². The third-order valence-corrected chi connectivity index (χ3v) is 9.71. The van der Waals surface area contributed by atoms with Crippen LogP contribution in [0.1, 0.15) is 41.5 Å². The van der Waals surface area contributed by atoms with Crippen LogP contribution in [-0.4, -0.2) is 51.2 Å². The van der Waals surface area contributed by atoms with Gasteiger partial charge in [-0.3, -0.25) is 0 Å². The summed E-state index contributed by atoms with van der Waals surface area (Å²) in [5.41, 5.74) is -0.534. The number of hydrogen-bond acceptors (Lipinski definition) is 4. The number of carbonyl (C=O) groups is 1. The fourth-order valence-corrected chi connectivity index (χ4v) is 3.89. The molecule has 1 amide bonds. The quantitative estimate of drug-likeness (QED) is 0.449. The minimum Gasteiger partial charge on any atom is -0.491 e. The second kappa shape index (κ2) is 9.63. The van der Waals surface area contributed by atoms with E-state index in [2.05, 4.69) is 49.8 Å². The molecule has 0 fully saturated rings. The highest BCUT2D eigenvalue weighted by molar-refractivity contribution is 9.10. The van der Waals surface area contributed by atoms with E-state index in [0.717, 1.165) is 10.2 Å². The van der Waals surface area contributed by atoms with Crippen molar-refractivity contribution in [2.24, 2.45) is 0 Å². The third kappa shape index (κ3) is 8.53. The number of likely N-dealkylation sites (N-methyl/N-ethyl adjacent to an activating group) is 1. The van der Waals surface area contributed by atoms with Crippen LogP contribution in [0, 0.1) is 0 Å². The number of hydrogen-bond donors (Lipinski definition) is 0. The van der Waals surface area contributed by atoms with Crippen molar-refractivity contribution in [3.8, 4) is 5.75 Å². The lowest BCUT2D eigenvalue weighted by molar-refractivity contribution is 0.0172. The van der Waals surface area contributed by atoms with E-state index < -0.39 is 13.9 Å². The van der Waals surface area contributed by atoms with Gasteiger partial charge in [0.2, 0.25) is 0 Å². The van der Waals surface area contributed by atoms with E-state index in [1.807, 2.05) is 45.0 Å². The van der Waals surface area contributed by atoms with E-state index in [0.29, 0.717) is 13.2 Å². The lowest BCUT2D eigenvalue weighted by atomic mass is 10.2. The summed E-state index contributed by atoms with van der Waals surface area (Å²) in [5.74, 6) is 0.762. The Hall–Kier alpha value is -1.05. The smallest absolute Gasteiger partial charge is 0.410 e. The highest BCUT2D eigenvalue weighted by Crippen LogP contribution is 2.37. The van der Waals surface area contributed by atoms with Crippen LogP contribution in [0.25, 0.3) is 0 Å². The number of rotatable bonds is 7. The average molecular weight is 475 g/mol. The zero-order chi connectivity index (χ0) is 21.8. The fourth-order valence-electron chi connectivity index (χ4n) is 2.18. The minimum atomic E-state index is -2.03. The fraction of sp³-hybridized carbons (Fsp3) is 0.667. The summed E-state index contributed by atoms with van der Waals surface area (Å²) < 4.78 is 19.0. The van der Waals surface area contributed by atoms with Gasteiger partial charge in [0, 0.05) is 11.5 Å². The molecule has 0 spiro atoms. The van der Waals surface area contributed by atoms with E-state index >= 15 is 0 Å². The van der Waals surface area contributed by atoms with Gasteiger partial charge in [0.1, 0.15) is 18.0 Å². The van der Waals surface area contributed by atoms with Crippen LogP contribution in [-0.2, 0) is 9.16 Å². The molecule has 0 aromatic heterocycles. The Morgan fingerprint density at radius 1 is 1.18 bits per heavy atom. The predicted molar refractivity (Wildman–Crippen MR) is 121 cm³/mol. The Balaban J connectivity index is 2.89. The number of ether oxygens (including phenoxy) is 2. The van der Waals surface area contributed by atoms with Crippen molar-refractivity contribution in [2.45, 2.75) is 71.4 Å². The standard InChI is InChI=1S/C21H36BrNO4Si/c1-20(2,3)26-19(24)23(7)14-18(27-28(8,9)21(4,5)6)15-25-17-12-10-11-16(22)13-17/h10-13,18H,14-15H2,1-9H3. The van der Waals surface area contributed by atoms with Gasteiger partial charge in [-0.05, 0) is 57.1 Å². The van der Waals surface area contributed by atoms with Crippen LogP contribution in [0.2, 0.25) is 18.1 Å². The largest absolute Gasteiger partial charge is 0.491 e. The van der Waals surface area contributed by atoms with Gasteiger partial charge in [-0.1, -0.05) is 42.8 Å². The van der Waals surface area contributed by atoms with Gasteiger partial charge in [-0.25, -0.2) is 4.79 Å². The van der Waals surface area contributed by atoms with Crippen LogP contribution >= 0.6 is 15.9 Å². The Morgan fingerprint density at radius 3 is 2.29 bits per heavy atom. The van der Waals surface area contributed by atoms with Gasteiger partial charge in [-0.2, -0.15) is 0 Å². The van der Waals surface area contributed by atoms with Crippen molar-refractivity contribution in [2.75, 3.05) is 20.2 Å². The maximum Gasteiger partial charge on any atom is 0.410 e. The molecule has 0 bridgehead atoms. The van der Waals surface area contributed by atoms with Crippen molar-refractivity contribution in [1.82, 2.24) is 4.90 Å². The molecule has 1 aromatic carbocycles. The number of halogens is 1. The van der Waals surface area contributed by atoms with E-state index in [-0.39, 0.29) is 17.2 Å². The first-order chi connectivity index (χ1) is 12.6. The third-order valence-electron chi connectivity index (χ3n) is 4.68. The predicted octanol–water partition coefficient (Wildman–Crippen LogP) is 6.09. The Bertz CT molecular complexity index is 653. The van der Waals surface area contributed by atoms with Crippen LogP contribution in [0.3, 0.4) is 0 Å². The molecule has 0 saturated heterocycles. The number of benzene rings is 1. The van der Waals surface area contributed by atoms with Crippen molar-refractivity contribution >= 4 is 30.3 Å². The number of carbonyl (C=O) groups excluding carboxylic acids is 1. The van der Waals surface area contributed by atoms with Gasteiger partial charge in [0.15, 0.2) is 8.32 Å². The molecule has 160 valence electrons. The molecule has 0 aliphatic carbocycles. The lowest BCUT2D eigenvalue weighted by Gasteiger charge is -2.40. The normalized spacial score (nSPS) is 13.8. The summed E-state index contributed by atoms with van der Waals surface area (Å²) >= 11 is 3.46. The molecule has 1 atom stereocenters. The summed E-state index contributed by atoms with van der Waals surface area (Å²) in [5, 5.41) is 0.0610. The molecule has 0 saturated carbocycles. The summed E-state index contributed by atoms with van der Waals surface area (Å²) in [6.45, 7) is 17.3. The first kappa shape index (κ1) is 25.0. The van der Waals surface area contributed by atoms with Gasteiger partial charge in [0.25, 0.3) is 0 Å². The Morgan fingerprint density at radius 2 is 1.79 bits per heavy atom. The van der Waals surface area contributed by atoms with Crippen molar-refractivity contribution in [3.05, 3.63) is 28.7 Å². The number of amides is 1. The Labute approximate surface area is 180 Å². The summed E-state index contributed by atoms with van der Waals surface area (Å²) in [7, 11) is -0.302. The SMILES string of the molecule is CN(CC(COc1cccc(Br)c1)O[Si](C)(C)C(C)(C)C)C(=O)OC(C)(C)C. The van der Waals surface area contributed by atoms with E-state index in [1.165, 1.54) is 0 Å². The molecule has 0 radical (unpaired) electrons. The Kier molecular flexibility index (Phi) is 8.59. The van der Waals surface area contributed by atoms with Crippen LogP contribution < -0.4 is 4.74 Å². The van der Waals surface area contributed by atoms with Crippen LogP contribution in [0.15, 0.2) is 28.7 Å².